The molecule has 3 rings (SSSR count). The third kappa shape index (κ3) is 3.94. The maximum absolute atomic E-state index is 12.3. The molecule has 0 fully saturated rings. The molecule has 0 atom stereocenters. The minimum atomic E-state index is -0.493. The largest absolute Gasteiger partial charge is 0.332 e. The minimum Gasteiger partial charge on any atom is -0.325 e. The van der Waals surface area contributed by atoms with Gasteiger partial charge in [0, 0.05) is 37.0 Å². The van der Waals surface area contributed by atoms with E-state index in [1.54, 1.807) is 24.3 Å². The number of fused-ring (bicyclic) bond motifs is 1. The Morgan fingerprint density at radius 1 is 1.07 bits per heavy atom. The van der Waals surface area contributed by atoms with Crippen LogP contribution in [0.4, 0.5) is 5.69 Å². The number of hydrogen-bond acceptors (Lipinski definition) is 5. The molecule has 9 heteroatoms. The lowest BCUT2D eigenvalue weighted by atomic mass is 10.1. The molecular weight excluding hydrogens is 428 g/mol. The summed E-state index contributed by atoms with van der Waals surface area (Å²) in [6.07, 6.45) is 1.43. The van der Waals surface area contributed by atoms with E-state index in [-0.39, 0.29) is 35.6 Å². The summed E-state index contributed by atoms with van der Waals surface area (Å²) in [6.45, 7) is 0. The number of nitrogens with zero attached hydrogens (tertiary/aromatic N) is 3. The van der Waals surface area contributed by atoms with Crippen LogP contribution in [0.3, 0.4) is 0 Å². The van der Waals surface area contributed by atoms with Gasteiger partial charge in [-0.15, -0.1) is 0 Å². The highest BCUT2D eigenvalue weighted by Crippen LogP contribution is 2.14. The van der Waals surface area contributed by atoms with E-state index in [9.17, 15) is 19.2 Å². The number of carbonyl (C=O) groups is 2. The van der Waals surface area contributed by atoms with Gasteiger partial charge in [-0.05, 0) is 18.2 Å². The normalized spacial score (nSPS) is 10.8. The number of rotatable bonds is 5. The number of halogens is 1. The summed E-state index contributed by atoms with van der Waals surface area (Å²) >= 11 is 3.30. The highest BCUT2D eigenvalue weighted by atomic mass is 79.9. The molecule has 0 saturated heterocycles. The van der Waals surface area contributed by atoms with Gasteiger partial charge in [0.15, 0.2) is 5.78 Å². The molecule has 3 aromatic rings. The molecule has 0 saturated carbocycles. The summed E-state index contributed by atoms with van der Waals surface area (Å²) < 4.78 is 3.11. The number of amides is 1. The fourth-order valence-corrected chi connectivity index (χ4v) is 3.03. The SMILES string of the molecule is Cn1c(=O)c2cc(NC(=O)CCC(=O)c3ccc(Br)cc3)cnc2n(C)c1=O. The summed E-state index contributed by atoms with van der Waals surface area (Å²) in [6, 6.07) is 8.39. The smallest absolute Gasteiger partial charge is 0.325 e. The molecule has 144 valence electrons. The van der Waals surface area contributed by atoms with Gasteiger partial charge >= 0.3 is 5.69 Å². The molecule has 2 heterocycles. The Balaban J connectivity index is 1.73. The van der Waals surface area contributed by atoms with Crippen molar-refractivity contribution in [1.29, 1.82) is 0 Å². The molecule has 8 nitrogen and oxygen atoms in total. The first kappa shape index (κ1) is 19.7. The topological polar surface area (TPSA) is 103 Å². The summed E-state index contributed by atoms with van der Waals surface area (Å²) in [5.41, 5.74) is 0.119. The van der Waals surface area contributed by atoms with Crippen molar-refractivity contribution >= 4 is 44.3 Å². The van der Waals surface area contributed by atoms with E-state index < -0.39 is 11.2 Å². The van der Waals surface area contributed by atoms with Crippen molar-refractivity contribution in [2.24, 2.45) is 14.1 Å². The number of benzene rings is 1. The number of ketones is 1. The predicted octanol–water partition coefficient (Wildman–Crippen LogP) is 2.00. The van der Waals surface area contributed by atoms with Crippen molar-refractivity contribution in [1.82, 2.24) is 14.1 Å². The van der Waals surface area contributed by atoms with Crippen molar-refractivity contribution in [3.8, 4) is 0 Å². The summed E-state index contributed by atoms with van der Waals surface area (Å²) in [5.74, 6) is -0.503. The third-order valence-electron chi connectivity index (χ3n) is 4.32. The zero-order valence-corrected chi connectivity index (χ0v) is 16.8. The Bertz CT molecular complexity index is 1200. The molecule has 0 spiro atoms. The van der Waals surface area contributed by atoms with Gasteiger partial charge in [-0.2, -0.15) is 0 Å². The lowest BCUT2D eigenvalue weighted by molar-refractivity contribution is -0.116. The molecular formula is C19H17BrN4O4. The van der Waals surface area contributed by atoms with E-state index in [2.05, 4.69) is 26.2 Å². The summed E-state index contributed by atoms with van der Waals surface area (Å²) in [5, 5.41) is 2.85. The first-order valence-corrected chi connectivity index (χ1v) is 9.21. The molecule has 1 N–H and O–H groups in total. The van der Waals surface area contributed by atoms with Gasteiger partial charge in [0.25, 0.3) is 5.56 Å². The number of Topliss-reactive ketones (excluding diaryl/α,β-unsaturated/α-hetero) is 1. The maximum atomic E-state index is 12.3. The van der Waals surface area contributed by atoms with Crippen molar-refractivity contribution in [3.63, 3.8) is 0 Å². The molecule has 0 aliphatic carbocycles. The number of carbonyl (C=O) groups excluding carboxylic acids is 2. The second kappa shape index (κ2) is 7.89. The Labute approximate surface area is 168 Å². The Kier molecular flexibility index (Phi) is 5.55. The average molecular weight is 445 g/mol. The molecule has 1 amide bonds. The third-order valence-corrected chi connectivity index (χ3v) is 4.85. The summed E-state index contributed by atoms with van der Waals surface area (Å²) in [4.78, 5) is 52.7. The number of pyridine rings is 1. The van der Waals surface area contributed by atoms with E-state index in [0.29, 0.717) is 11.3 Å². The Morgan fingerprint density at radius 3 is 2.43 bits per heavy atom. The fourth-order valence-electron chi connectivity index (χ4n) is 2.76. The van der Waals surface area contributed by atoms with Gasteiger partial charge in [-0.1, -0.05) is 28.1 Å². The number of aromatic nitrogens is 3. The van der Waals surface area contributed by atoms with E-state index in [0.717, 1.165) is 9.04 Å². The van der Waals surface area contributed by atoms with Crippen LogP contribution in [0.15, 0.2) is 50.6 Å². The first-order chi connectivity index (χ1) is 13.3. The van der Waals surface area contributed by atoms with Gasteiger partial charge in [-0.3, -0.25) is 23.5 Å². The number of nitrogens with one attached hydrogen (secondary N) is 1. The van der Waals surface area contributed by atoms with Crippen molar-refractivity contribution in [2.45, 2.75) is 12.8 Å². The van der Waals surface area contributed by atoms with E-state index in [1.807, 2.05) is 0 Å². The van der Waals surface area contributed by atoms with Crippen molar-refractivity contribution in [3.05, 3.63) is 67.4 Å². The molecule has 2 aromatic heterocycles. The fraction of sp³-hybridized carbons (Fsp3) is 0.211. The van der Waals surface area contributed by atoms with Gasteiger partial charge in [0.1, 0.15) is 5.65 Å². The van der Waals surface area contributed by atoms with E-state index in [1.165, 1.54) is 30.9 Å². The Morgan fingerprint density at radius 2 is 1.75 bits per heavy atom. The lowest BCUT2D eigenvalue weighted by Crippen LogP contribution is -2.37. The monoisotopic (exact) mass is 444 g/mol. The average Bonchev–Trinajstić information content (AvgIpc) is 2.69. The van der Waals surface area contributed by atoms with Crippen LogP contribution in [0.1, 0.15) is 23.2 Å². The van der Waals surface area contributed by atoms with Gasteiger partial charge in [0.2, 0.25) is 5.91 Å². The van der Waals surface area contributed by atoms with Gasteiger partial charge < -0.3 is 5.32 Å². The zero-order valence-electron chi connectivity index (χ0n) is 15.2. The standard InChI is InChI=1S/C19H17BrN4O4/c1-23-17-14(18(27)24(2)19(23)28)9-13(10-21-17)22-16(26)8-7-15(25)11-3-5-12(20)6-4-11/h3-6,9-10H,7-8H2,1-2H3,(H,22,26). The molecule has 0 bridgehead atoms. The second-order valence-electron chi connectivity index (χ2n) is 6.28. The first-order valence-electron chi connectivity index (χ1n) is 8.42. The molecule has 0 aliphatic rings. The highest BCUT2D eigenvalue weighted by Gasteiger charge is 2.13. The minimum absolute atomic E-state index is 0.00177. The molecule has 0 aliphatic heterocycles. The molecule has 28 heavy (non-hydrogen) atoms. The van der Waals surface area contributed by atoms with Crippen LogP contribution in [0.5, 0.6) is 0 Å². The van der Waals surface area contributed by atoms with Crippen LogP contribution in [-0.4, -0.2) is 25.8 Å². The van der Waals surface area contributed by atoms with Gasteiger partial charge in [-0.25, -0.2) is 9.78 Å². The van der Waals surface area contributed by atoms with Crippen LogP contribution < -0.4 is 16.6 Å². The number of hydrogen-bond donors (Lipinski definition) is 1. The second-order valence-corrected chi connectivity index (χ2v) is 7.19. The van der Waals surface area contributed by atoms with Gasteiger partial charge in [0.05, 0.1) is 17.3 Å². The summed E-state index contributed by atoms with van der Waals surface area (Å²) in [7, 11) is 2.90. The predicted molar refractivity (Wildman–Crippen MR) is 109 cm³/mol. The molecule has 0 unspecified atom stereocenters. The van der Waals surface area contributed by atoms with Crippen LogP contribution in [0.25, 0.3) is 11.0 Å². The van der Waals surface area contributed by atoms with Crippen LogP contribution in [-0.2, 0) is 18.9 Å². The van der Waals surface area contributed by atoms with Crippen molar-refractivity contribution < 1.29 is 9.59 Å². The number of aryl methyl sites for hydroxylation is 1. The molecule has 1 aromatic carbocycles. The lowest BCUT2D eigenvalue weighted by Gasteiger charge is -2.09. The Hall–Kier alpha value is -3.07. The van der Waals surface area contributed by atoms with Crippen LogP contribution in [0, 0.1) is 0 Å². The zero-order chi connectivity index (χ0) is 20.4. The van der Waals surface area contributed by atoms with Crippen LogP contribution in [0.2, 0.25) is 0 Å². The maximum Gasteiger partial charge on any atom is 0.332 e. The van der Waals surface area contributed by atoms with Crippen molar-refractivity contribution in [2.75, 3.05) is 5.32 Å². The van der Waals surface area contributed by atoms with E-state index in [4.69, 9.17) is 0 Å². The quantitative estimate of drug-likeness (QED) is 0.606. The number of anilines is 1. The van der Waals surface area contributed by atoms with Crippen LogP contribution >= 0.6 is 15.9 Å². The highest BCUT2D eigenvalue weighted by molar-refractivity contribution is 9.10. The van der Waals surface area contributed by atoms with E-state index >= 15 is 0 Å². The molecule has 0 radical (unpaired) electrons.